The molecule has 1 aliphatic heterocycles. The summed E-state index contributed by atoms with van der Waals surface area (Å²) in [6.45, 7) is 9.80. The Hall–Kier alpha value is -2.41. The van der Waals surface area contributed by atoms with Crippen LogP contribution in [0.5, 0.6) is 0 Å². The minimum Gasteiger partial charge on any atom is -0.379 e. The molecule has 31 heavy (non-hydrogen) atoms. The molecule has 1 unspecified atom stereocenters. The van der Waals surface area contributed by atoms with E-state index >= 15 is 0 Å². The van der Waals surface area contributed by atoms with Crippen molar-refractivity contribution in [1.29, 1.82) is 0 Å². The molecule has 2 aromatic rings. The van der Waals surface area contributed by atoms with Crippen LogP contribution in [0.3, 0.4) is 0 Å². The Bertz CT molecular complexity index is 774. The van der Waals surface area contributed by atoms with Crippen LogP contribution in [0.15, 0.2) is 59.6 Å². The monoisotopic (exact) mass is 424 g/mol. The first-order chi connectivity index (χ1) is 15.2. The molecule has 1 heterocycles. The summed E-state index contributed by atoms with van der Waals surface area (Å²) in [5.74, 6) is 1.20. The maximum atomic E-state index is 5.83. The van der Waals surface area contributed by atoms with Gasteiger partial charge in [0.25, 0.3) is 0 Å². The highest BCUT2D eigenvalue weighted by Gasteiger charge is 2.10. The lowest BCUT2D eigenvalue weighted by atomic mass is 10.1. The number of benzene rings is 2. The second kappa shape index (κ2) is 13.1. The fourth-order valence-electron chi connectivity index (χ4n) is 3.47. The SMILES string of the molecule is CN=C(NCc1ccc(CN2CCOCC2)cc1)NCC(C)COCc1ccccc1. The molecule has 1 aliphatic rings. The summed E-state index contributed by atoms with van der Waals surface area (Å²) in [6, 6.07) is 19.1. The van der Waals surface area contributed by atoms with Gasteiger partial charge in [-0.05, 0) is 22.6 Å². The highest BCUT2D eigenvalue weighted by molar-refractivity contribution is 5.79. The van der Waals surface area contributed by atoms with E-state index in [1.54, 1.807) is 7.05 Å². The van der Waals surface area contributed by atoms with Crippen molar-refractivity contribution in [3.63, 3.8) is 0 Å². The molecule has 0 radical (unpaired) electrons. The maximum absolute atomic E-state index is 5.83. The van der Waals surface area contributed by atoms with Gasteiger partial charge in [0.15, 0.2) is 5.96 Å². The van der Waals surface area contributed by atoms with Gasteiger partial charge in [-0.25, -0.2) is 0 Å². The Kier molecular flexibility index (Phi) is 9.83. The van der Waals surface area contributed by atoms with Crippen molar-refractivity contribution < 1.29 is 9.47 Å². The van der Waals surface area contributed by atoms with Gasteiger partial charge in [-0.2, -0.15) is 0 Å². The van der Waals surface area contributed by atoms with Gasteiger partial charge in [0.2, 0.25) is 0 Å². The fourth-order valence-corrected chi connectivity index (χ4v) is 3.47. The van der Waals surface area contributed by atoms with Crippen molar-refractivity contribution in [2.24, 2.45) is 10.9 Å². The molecule has 0 spiro atoms. The summed E-state index contributed by atoms with van der Waals surface area (Å²) < 4.78 is 11.3. The van der Waals surface area contributed by atoms with Gasteiger partial charge in [0.1, 0.15) is 0 Å². The Morgan fingerprint density at radius 2 is 1.71 bits per heavy atom. The molecule has 0 aliphatic carbocycles. The third-order valence-corrected chi connectivity index (χ3v) is 5.35. The van der Waals surface area contributed by atoms with Gasteiger partial charge in [-0.15, -0.1) is 0 Å². The minimum absolute atomic E-state index is 0.390. The Labute approximate surface area is 186 Å². The van der Waals surface area contributed by atoms with Crippen LogP contribution in [0.1, 0.15) is 23.6 Å². The van der Waals surface area contributed by atoms with Gasteiger partial charge < -0.3 is 20.1 Å². The van der Waals surface area contributed by atoms with Crippen LogP contribution in [-0.2, 0) is 29.2 Å². The quantitative estimate of drug-likeness (QED) is 0.454. The van der Waals surface area contributed by atoms with E-state index < -0.39 is 0 Å². The first kappa shape index (κ1) is 23.3. The van der Waals surface area contributed by atoms with E-state index in [1.165, 1.54) is 16.7 Å². The number of hydrogen-bond donors (Lipinski definition) is 2. The molecule has 3 rings (SSSR count). The first-order valence-electron chi connectivity index (χ1n) is 11.2. The van der Waals surface area contributed by atoms with E-state index in [4.69, 9.17) is 9.47 Å². The second-order valence-electron chi connectivity index (χ2n) is 8.12. The summed E-state index contributed by atoms with van der Waals surface area (Å²) in [4.78, 5) is 6.77. The number of rotatable bonds is 10. The third-order valence-electron chi connectivity index (χ3n) is 5.35. The lowest BCUT2D eigenvalue weighted by molar-refractivity contribution is 0.0342. The molecule has 0 aromatic heterocycles. The van der Waals surface area contributed by atoms with Crippen LogP contribution < -0.4 is 10.6 Å². The average Bonchev–Trinajstić information content (AvgIpc) is 2.81. The molecular weight excluding hydrogens is 388 g/mol. The zero-order valence-corrected chi connectivity index (χ0v) is 18.8. The minimum atomic E-state index is 0.390. The highest BCUT2D eigenvalue weighted by atomic mass is 16.5. The normalized spacial score (nSPS) is 16.1. The zero-order chi connectivity index (χ0) is 21.7. The molecule has 0 saturated carbocycles. The average molecular weight is 425 g/mol. The molecule has 0 bridgehead atoms. The number of guanidine groups is 1. The molecular formula is C25H36N4O2. The first-order valence-corrected chi connectivity index (χ1v) is 11.2. The Morgan fingerprint density at radius 3 is 2.42 bits per heavy atom. The van der Waals surface area contributed by atoms with Gasteiger partial charge in [-0.3, -0.25) is 9.89 Å². The smallest absolute Gasteiger partial charge is 0.191 e. The molecule has 6 nitrogen and oxygen atoms in total. The Morgan fingerprint density at radius 1 is 1.00 bits per heavy atom. The van der Waals surface area contributed by atoms with E-state index in [0.29, 0.717) is 19.1 Å². The molecule has 168 valence electrons. The lowest BCUT2D eigenvalue weighted by Crippen LogP contribution is -2.39. The summed E-state index contributed by atoms with van der Waals surface area (Å²) >= 11 is 0. The van der Waals surface area contributed by atoms with Gasteiger partial charge in [0.05, 0.1) is 26.4 Å². The van der Waals surface area contributed by atoms with Crippen molar-refractivity contribution in [2.75, 3.05) is 46.5 Å². The van der Waals surface area contributed by atoms with Crippen LogP contribution in [0.4, 0.5) is 0 Å². The van der Waals surface area contributed by atoms with Crippen LogP contribution in [0.25, 0.3) is 0 Å². The molecule has 6 heteroatoms. The number of ether oxygens (including phenoxy) is 2. The molecule has 1 saturated heterocycles. The number of aliphatic imine (C=N–C) groups is 1. The van der Waals surface area contributed by atoms with E-state index in [2.05, 4.69) is 63.8 Å². The third kappa shape index (κ3) is 8.69. The molecule has 1 atom stereocenters. The Balaban J connectivity index is 1.33. The van der Waals surface area contributed by atoms with Gasteiger partial charge >= 0.3 is 0 Å². The molecule has 1 fully saturated rings. The van der Waals surface area contributed by atoms with E-state index in [-0.39, 0.29) is 0 Å². The van der Waals surface area contributed by atoms with E-state index in [1.807, 2.05) is 18.2 Å². The zero-order valence-electron chi connectivity index (χ0n) is 18.8. The number of nitrogens with zero attached hydrogens (tertiary/aromatic N) is 2. The predicted molar refractivity (Wildman–Crippen MR) is 126 cm³/mol. The van der Waals surface area contributed by atoms with Gasteiger partial charge in [-0.1, -0.05) is 61.5 Å². The maximum Gasteiger partial charge on any atom is 0.191 e. The van der Waals surface area contributed by atoms with E-state index in [0.717, 1.165) is 51.9 Å². The van der Waals surface area contributed by atoms with Crippen LogP contribution in [-0.4, -0.2) is 57.4 Å². The lowest BCUT2D eigenvalue weighted by Gasteiger charge is -2.26. The van der Waals surface area contributed by atoms with E-state index in [9.17, 15) is 0 Å². The van der Waals surface area contributed by atoms with Crippen LogP contribution >= 0.6 is 0 Å². The summed E-state index contributed by atoms with van der Waals surface area (Å²) in [5.41, 5.74) is 3.79. The number of nitrogens with one attached hydrogen (secondary N) is 2. The largest absolute Gasteiger partial charge is 0.379 e. The van der Waals surface area contributed by atoms with Crippen LogP contribution in [0.2, 0.25) is 0 Å². The molecule has 2 N–H and O–H groups in total. The molecule has 2 aromatic carbocycles. The number of hydrogen-bond acceptors (Lipinski definition) is 4. The summed E-state index contributed by atoms with van der Waals surface area (Å²) in [5, 5.41) is 6.79. The fraction of sp³-hybridized carbons (Fsp3) is 0.480. The van der Waals surface area contributed by atoms with Crippen molar-refractivity contribution in [1.82, 2.24) is 15.5 Å². The summed E-state index contributed by atoms with van der Waals surface area (Å²) in [7, 11) is 1.80. The second-order valence-corrected chi connectivity index (χ2v) is 8.12. The van der Waals surface area contributed by atoms with Crippen LogP contribution in [0, 0.1) is 5.92 Å². The standard InChI is InChI=1S/C25H36N4O2/c1-21(19-31-20-24-6-4-3-5-7-24)16-27-25(26-2)28-17-22-8-10-23(11-9-22)18-29-12-14-30-15-13-29/h3-11,21H,12-20H2,1-2H3,(H2,26,27,28). The predicted octanol–water partition coefficient (Wildman–Crippen LogP) is 3.04. The number of morpholine rings is 1. The topological polar surface area (TPSA) is 58.1 Å². The van der Waals surface area contributed by atoms with Gasteiger partial charge in [0, 0.05) is 39.8 Å². The summed E-state index contributed by atoms with van der Waals surface area (Å²) in [6.07, 6.45) is 0. The molecule has 0 amide bonds. The van der Waals surface area contributed by atoms with Crippen molar-refractivity contribution >= 4 is 5.96 Å². The van der Waals surface area contributed by atoms with Crippen molar-refractivity contribution in [3.8, 4) is 0 Å². The highest BCUT2D eigenvalue weighted by Crippen LogP contribution is 2.09. The van der Waals surface area contributed by atoms with Crippen molar-refractivity contribution in [2.45, 2.75) is 26.6 Å². The van der Waals surface area contributed by atoms with Crippen molar-refractivity contribution in [3.05, 3.63) is 71.3 Å².